The number of piperazine rings is 1. The second-order valence-corrected chi connectivity index (χ2v) is 22.9. The van der Waals surface area contributed by atoms with Crippen molar-refractivity contribution in [1.29, 1.82) is 0 Å². The summed E-state index contributed by atoms with van der Waals surface area (Å²) >= 11 is 0. The molecule has 1 unspecified atom stereocenters. The highest BCUT2D eigenvalue weighted by Crippen LogP contribution is 2.77. The summed E-state index contributed by atoms with van der Waals surface area (Å²) in [5.74, 6) is 2.60. The molecule has 3 saturated carbocycles. The van der Waals surface area contributed by atoms with Crippen molar-refractivity contribution < 1.29 is 23.5 Å². The van der Waals surface area contributed by atoms with Crippen LogP contribution in [0.1, 0.15) is 163 Å². The van der Waals surface area contributed by atoms with Crippen LogP contribution in [0, 0.1) is 44.8 Å². The minimum absolute atomic E-state index is 0.00488. The molecule has 10 heteroatoms. The van der Waals surface area contributed by atoms with E-state index >= 15 is 0 Å². The topological polar surface area (TPSA) is 127 Å². The van der Waals surface area contributed by atoms with Crippen molar-refractivity contribution in [2.75, 3.05) is 38.5 Å². The first kappa shape index (κ1) is 42.4. The first-order chi connectivity index (χ1) is 27.6. The number of nitrogens with two attached hydrogens (primary N) is 1. The molecule has 5 aliphatic carbocycles. The number of hydrogen-bond acceptors (Lipinski definition) is 8. The predicted molar refractivity (Wildman–Crippen MR) is 232 cm³/mol. The molecule has 3 N–H and O–H groups in total. The molecule has 3 heterocycles. The molecule has 10 nitrogen and oxygen atoms in total. The minimum Gasteiger partial charge on any atom is -0.467 e. The van der Waals surface area contributed by atoms with Crippen molar-refractivity contribution >= 4 is 23.5 Å². The lowest BCUT2D eigenvalue weighted by atomic mass is 9.32. The second-order valence-electron chi connectivity index (χ2n) is 22.9. The third kappa shape index (κ3) is 6.70. The molecular weight excluding hydrogens is 739 g/mol. The zero-order valence-electron chi connectivity index (χ0n) is 38.4. The number of esters is 1. The Balaban J connectivity index is 1.24. The van der Waals surface area contributed by atoms with Crippen molar-refractivity contribution in [1.82, 2.24) is 20.0 Å². The number of nitrogens with zero attached hydrogens (tertiary/aromatic N) is 3. The van der Waals surface area contributed by atoms with Gasteiger partial charge in [-0.2, -0.15) is 5.10 Å². The van der Waals surface area contributed by atoms with E-state index in [-0.39, 0.29) is 45.1 Å². The van der Waals surface area contributed by atoms with Gasteiger partial charge in [0.25, 0.3) is 0 Å². The number of allylic oxidation sites excluding steroid dienone is 2. The summed E-state index contributed by atoms with van der Waals surface area (Å²) in [7, 11) is 0. The Morgan fingerprint density at radius 1 is 0.983 bits per heavy atom. The van der Waals surface area contributed by atoms with E-state index in [1.807, 2.05) is 31.9 Å². The first-order valence-corrected chi connectivity index (χ1v) is 23.1. The molecule has 0 aromatic carbocycles. The van der Waals surface area contributed by atoms with Crippen molar-refractivity contribution in [3.05, 3.63) is 40.5 Å². The van der Waals surface area contributed by atoms with Gasteiger partial charge in [-0.1, -0.05) is 67.4 Å². The van der Waals surface area contributed by atoms with Crippen LogP contribution in [0.4, 0.5) is 10.6 Å². The third-order valence-electron chi connectivity index (χ3n) is 17.6. The molecule has 0 radical (unpaired) electrons. The number of aromatic amines is 1. The van der Waals surface area contributed by atoms with E-state index in [1.54, 1.807) is 0 Å². The highest BCUT2D eigenvalue weighted by molar-refractivity contribution is 5.82. The fourth-order valence-corrected chi connectivity index (χ4v) is 14.2. The maximum absolute atomic E-state index is 14.8. The molecule has 2 aromatic heterocycles. The van der Waals surface area contributed by atoms with Crippen LogP contribution in [-0.2, 0) is 32.6 Å². The van der Waals surface area contributed by atoms with E-state index in [4.69, 9.17) is 19.6 Å². The highest BCUT2D eigenvalue weighted by Gasteiger charge is 2.70. The van der Waals surface area contributed by atoms with E-state index in [2.05, 4.69) is 76.6 Å². The number of hydrogen-bond donors (Lipinski definition) is 2. The summed E-state index contributed by atoms with van der Waals surface area (Å²) in [4.78, 5) is 32.0. The number of unbranched alkanes of at least 4 members (excludes halogenated alkanes) is 1. The zero-order chi connectivity index (χ0) is 42.6. The molecule has 2 aromatic rings. The van der Waals surface area contributed by atoms with E-state index in [9.17, 15) is 9.59 Å². The lowest BCUT2D eigenvalue weighted by Crippen LogP contribution is -2.65. The number of carbonyl (C=O) groups excluding carboxylic acids is 2. The second kappa shape index (κ2) is 14.4. The molecular formula is C49H75N5O5. The fraction of sp³-hybridized carbons (Fsp3) is 0.776. The largest absolute Gasteiger partial charge is 0.467 e. The van der Waals surface area contributed by atoms with Gasteiger partial charge in [0.15, 0.2) is 0 Å². The van der Waals surface area contributed by atoms with Gasteiger partial charge in [-0.15, -0.1) is 0 Å². The summed E-state index contributed by atoms with van der Waals surface area (Å²) in [6, 6.07) is 2.24. The van der Waals surface area contributed by atoms with Crippen LogP contribution in [0.2, 0.25) is 0 Å². The van der Waals surface area contributed by atoms with Gasteiger partial charge in [-0.05, 0) is 136 Å². The summed E-state index contributed by atoms with van der Waals surface area (Å²) in [6.45, 7) is 29.3. The Morgan fingerprint density at radius 3 is 2.39 bits per heavy atom. The van der Waals surface area contributed by atoms with Gasteiger partial charge in [-0.3, -0.25) is 14.8 Å². The van der Waals surface area contributed by atoms with Crippen molar-refractivity contribution in [2.24, 2.45) is 44.8 Å². The molecule has 326 valence electrons. The Bertz CT molecular complexity index is 1980. The lowest BCUT2D eigenvalue weighted by Gasteiger charge is -2.71. The molecule has 7 atom stereocenters. The average molecular weight is 814 g/mol. The van der Waals surface area contributed by atoms with Crippen LogP contribution in [0.15, 0.2) is 22.3 Å². The van der Waals surface area contributed by atoms with E-state index in [0.29, 0.717) is 43.9 Å². The van der Waals surface area contributed by atoms with Crippen LogP contribution >= 0.6 is 0 Å². The molecule has 0 bridgehead atoms. The SMILES string of the molecule is CCCCOC(=O)[C@]12CCC(C)(C)C[C@H]1C1=C(c3ccoc3CN3CCN(C(=O)OC(C)(C)C)CC3)CC3[C@@]4(C)Cc5c(N)n[nH]c5C(C)(C)[C@@H]4CC[C@@]3(C)[C@]1(C)CC2. The van der Waals surface area contributed by atoms with E-state index < -0.39 is 11.0 Å². The molecule has 0 spiro atoms. The van der Waals surface area contributed by atoms with E-state index in [0.717, 1.165) is 89.5 Å². The highest BCUT2D eigenvalue weighted by atomic mass is 16.6. The predicted octanol–water partition coefficient (Wildman–Crippen LogP) is 10.3. The monoisotopic (exact) mass is 814 g/mol. The summed E-state index contributed by atoms with van der Waals surface area (Å²) in [5, 5.41) is 7.99. The molecule has 1 aliphatic heterocycles. The number of rotatable bonds is 7. The standard InChI is InChI=1S/C49H75N5O5/c1-12-13-25-58-41(55)49-19-17-44(5,6)29-34(49)38-32(31-15-26-57-35(31)30-53-21-23-54(24-22-53)42(56)59-43(2,3)4)27-37-46(9)28-33-39(51-52-40(33)50)45(7,8)36(46)14-16-47(37,10)48(38,11)18-20-49/h15,26,34,36-37H,12-14,16-25,27-30H2,1-11H3,(H3,50,51,52)/t34-,36-,37?,46-,47+,48+,49-/m0/s1. The number of anilines is 1. The fourth-order valence-electron chi connectivity index (χ4n) is 14.2. The van der Waals surface area contributed by atoms with Gasteiger partial charge in [0.1, 0.15) is 17.2 Å². The number of H-pyrrole nitrogens is 1. The van der Waals surface area contributed by atoms with Gasteiger partial charge in [0, 0.05) is 48.4 Å². The average Bonchev–Trinajstić information content (AvgIpc) is 3.77. The van der Waals surface area contributed by atoms with Crippen LogP contribution < -0.4 is 5.73 Å². The van der Waals surface area contributed by atoms with Gasteiger partial charge in [0.2, 0.25) is 0 Å². The first-order valence-electron chi connectivity index (χ1n) is 23.1. The van der Waals surface area contributed by atoms with Crippen LogP contribution in [0.3, 0.4) is 0 Å². The molecule has 1 amide bonds. The van der Waals surface area contributed by atoms with Crippen molar-refractivity contribution in [3.8, 4) is 0 Å². The lowest BCUT2D eigenvalue weighted by molar-refractivity contribution is -0.180. The molecule has 4 fully saturated rings. The van der Waals surface area contributed by atoms with Crippen LogP contribution in [0.25, 0.3) is 5.57 Å². The van der Waals surface area contributed by atoms with Crippen LogP contribution in [-0.4, -0.2) is 70.4 Å². The molecule has 8 rings (SSSR count). The van der Waals surface area contributed by atoms with Gasteiger partial charge < -0.3 is 24.5 Å². The third-order valence-corrected chi connectivity index (χ3v) is 17.6. The number of aromatic nitrogens is 2. The minimum atomic E-state index is -0.525. The van der Waals surface area contributed by atoms with Gasteiger partial charge >= 0.3 is 12.1 Å². The normalized spacial score (nSPS) is 35.2. The Labute approximate surface area is 354 Å². The number of furan rings is 1. The number of carbonyl (C=O) groups is 2. The Hall–Kier alpha value is -3.27. The summed E-state index contributed by atoms with van der Waals surface area (Å²) < 4.78 is 18.6. The number of nitrogens with one attached hydrogen (secondary N) is 1. The maximum atomic E-state index is 14.8. The van der Waals surface area contributed by atoms with Crippen molar-refractivity contribution in [3.63, 3.8) is 0 Å². The molecule has 6 aliphatic rings. The van der Waals surface area contributed by atoms with Gasteiger partial charge in [0.05, 0.1) is 24.8 Å². The summed E-state index contributed by atoms with van der Waals surface area (Å²) in [5.41, 5.74) is 12.1. The number of fused-ring (bicyclic) bond motifs is 8. The maximum Gasteiger partial charge on any atom is 0.410 e. The van der Waals surface area contributed by atoms with E-state index in [1.165, 1.54) is 28.0 Å². The van der Waals surface area contributed by atoms with Crippen molar-refractivity contribution in [2.45, 2.75) is 164 Å². The smallest absolute Gasteiger partial charge is 0.410 e. The Morgan fingerprint density at radius 2 is 1.69 bits per heavy atom. The van der Waals surface area contributed by atoms with Crippen LogP contribution in [0.5, 0.6) is 0 Å². The number of ether oxygens (including phenoxy) is 2. The zero-order valence-corrected chi connectivity index (χ0v) is 38.4. The number of amides is 1. The Kier molecular flexibility index (Phi) is 10.4. The van der Waals surface area contributed by atoms with Gasteiger partial charge in [-0.25, -0.2) is 4.79 Å². The molecule has 59 heavy (non-hydrogen) atoms. The summed E-state index contributed by atoms with van der Waals surface area (Å²) in [6.07, 6.45) is 12.4. The molecule has 1 saturated heterocycles. The number of nitrogen functional groups attached to an aromatic ring is 1. The quantitative estimate of drug-likeness (QED) is 0.209.